The van der Waals surface area contributed by atoms with Crippen LogP contribution < -0.4 is 5.32 Å². The van der Waals surface area contributed by atoms with E-state index >= 15 is 0 Å². The Kier molecular flexibility index (Phi) is 6.29. The normalized spacial score (nSPS) is 11.0. The number of rotatable bonds is 7. The Hall–Kier alpha value is -1.54. The molecule has 0 saturated carbocycles. The second-order valence-electron chi connectivity index (χ2n) is 4.53. The zero-order valence-electron chi connectivity index (χ0n) is 10.6. The standard InChI is InChI=1S/C12H20N2O3/c1-5-7-14(9-11(16)17)8-10(15)13-12(3,4)6-2/h1H,6-9H2,2-4H3,(H,13,15)(H,16,17). The Morgan fingerprint density at radius 2 is 2.00 bits per heavy atom. The van der Waals surface area contributed by atoms with Crippen LogP contribution >= 0.6 is 0 Å². The molecule has 0 aliphatic heterocycles. The molecule has 5 nitrogen and oxygen atoms in total. The number of carboxylic acids is 1. The first-order valence-electron chi connectivity index (χ1n) is 5.49. The highest BCUT2D eigenvalue weighted by molar-refractivity contribution is 5.79. The molecule has 0 fully saturated rings. The van der Waals surface area contributed by atoms with Gasteiger partial charge in [0.1, 0.15) is 0 Å². The number of carboxylic acid groups (broad SMARTS) is 1. The molecule has 0 saturated heterocycles. The third-order valence-electron chi connectivity index (χ3n) is 2.40. The number of hydrogen-bond donors (Lipinski definition) is 2. The molecule has 17 heavy (non-hydrogen) atoms. The smallest absolute Gasteiger partial charge is 0.317 e. The second-order valence-corrected chi connectivity index (χ2v) is 4.53. The highest BCUT2D eigenvalue weighted by Crippen LogP contribution is 2.06. The number of carbonyl (C=O) groups excluding carboxylic acids is 1. The van der Waals surface area contributed by atoms with Gasteiger partial charge in [-0.2, -0.15) is 0 Å². The molecule has 0 atom stereocenters. The summed E-state index contributed by atoms with van der Waals surface area (Å²) >= 11 is 0. The third-order valence-corrected chi connectivity index (χ3v) is 2.40. The molecular weight excluding hydrogens is 220 g/mol. The van der Waals surface area contributed by atoms with Gasteiger partial charge in [-0.15, -0.1) is 6.42 Å². The summed E-state index contributed by atoms with van der Waals surface area (Å²) in [4.78, 5) is 23.6. The van der Waals surface area contributed by atoms with Crippen molar-refractivity contribution in [3.63, 3.8) is 0 Å². The van der Waals surface area contributed by atoms with E-state index < -0.39 is 5.97 Å². The lowest BCUT2D eigenvalue weighted by Gasteiger charge is -2.26. The Bertz CT molecular complexity index is 318. The van der Waals surface area contributed by atoms with Crippen LogP contribution in [0.3, 0.4) is 0 Å². The first-order chi connectivity index (χ1) is 7.80. The van der Waals surface area contributed by atoms with E-state index in [0.717, 1.165) is 6.42 Å². The summed E-state index contributed by atoms with van der Waals surface area (Å²) in [7, 11) is 0. The molecule has 0 aromatic heterocycles. The molecule has 0 rings (SSSR count). The average Bonchev–Trinajstić information content (AvgIpc) is 2.16. The predicted octanol–water partition coefficient (Wildman–Crippen LogP) is 0.311. The topological polar surface area (TPSA) is 69.6 Å². The SMILES string of the molecule is C#CCN(CC(=O)O)CC(=O)NC(C)(C)CC. The van der Waals surface area contributed by atoms with Crippen LogP contribution in [0.2, 0.25) is 0 Å². The number of nitrogens with one attached hydrogen (secondary N) is 1. The number of carbonyl (C=O) groups is 2. The first kappa shape index (κ1) is 15.5. The van der Waals surface area contributed by atoms with Crippen LogP contribution in [0.5, 0.6) is 0 Å². The average molecular weight is 240 g/mol. The maximum atomic E-state index is 11.7. The molecule has 0 aliphatic carbocycles. The number of amides is 1. The monoisotopic (exact) mass is 240 g/mol. The fourth-order valence-electron chi connectivity index (χ4n) is 1.20. The van der Waals surface area contributed by atoms with Gasteiger partial charge >= 0.3 is 5.97 Å². The summed E-state index contributed by atoms with van der Waals surface area (Å²) in [6.07, 6.45) is 5.92. The molecule has 0 radical (unpaired) electrons. The fraction of sp³-hybridized carbons (Fsp3) is 0.667. The number of aliphatic carboxylic acids is 1. The van der Waals surface area contributed by atoms with Gasteiger partial charge in [0.25, 0.3) is 0 Å². The quantitative estimate of drug-likeness (QED) is 0.628. The van der Waals surface area contributed by atoms with E-state index in [4.69, 9.17) is 11.5 Å². The van der Waals surface area contributed by atoms with Crippen molar-refractivity contribution < 1.29 is 14.7 Å². The minimum Gasteiger partial charge on any atom is -0.480 e. The highest BCUT2D eigenvalue weighted by atomic mass is 16.4. The molecule has 0 aliphatic rings. The van der Waals surface area contributed by atoms with Crippen molar-refractivity contribution in [1.29, 1.82) is 0 Å². The maximum Gasteiger partial charge on any atom is 0.317 e. The van der Waals surface area contributed by atoms with Crippen LogP contribution in [0.15, 0.2) is 0 Å². The summed E-state index contributed by atoms with van der Waals surface area (Å²) < 4.78 is 0. The van der Waals surface area contributed by atoms with E-state index in [1.165, 1.54) is 4.90 Å². The van der Waals surface area contributed by atoms with Gasteiger partial charge in [-0.25, -0.2) is 0 Å². The van der Waals surface area contributed by atoms with Gasteiger partial charge in [0, 0.05) is 5.54 Å². The predicted molar refractivity (Wildman–Crippen MR) is 65.4 cm³/mol. The number of hydrogen-bond acceptors (Lipinski definition) is 3. The van der Waals surface area contributed by atoms with E-state index in [0.29, 0.717) is 0 Å². The van der Waals surface area contributed by atoms with Crippen LogP contribution in [-0.2, 0) is 9.59 Å². The van der Waals surface area contributed by atoms with Crippen molar-refractivity contribution >= 4 is 11.9 Å². The van der Waals surface area contributed by atoms with Gasteiger partial charge in [-0.1, -0.05) is 12.8 Å². The molecule has 0 unspecified atom stereocenters. The summed E-state index contributed by atoms with van der Waals surface area (Å²) in [6, 6.07) is 0. The van der Waals surface area contributed by atoms with Crippen molar-refractivity contribution in [2.75, 3.05) is 19.6 Å². The minimum atomic E-state index is -0.997. The van der Waals surface area contributed by atoms with Crippen LogP contribution in [-0.4, -0.2) is 47.1 Å². The molecular formula is C12H20N2O3. The van der Waals surface area contributed by atoms with E-state index in [1.807, 2.05) is 20.8 Å². The Labute approximate surface area is 102 Å². The van der Waals surface area contributed by atoms with E-state index in [1.54, 1.807) is 0 Å². The van der Waals surface area contributed by atoms with Crippen LogP contribution in [0, 0.1) is 12.3 Å². The molecule has 96 valence electrons. The lowest BCUT2D eigenvalue weighted by molar-refractivity contribution is -0.138. The van der Waals surface area contributed by atoms with Gasteiger partial charge in [0.15, 0.2) is 0 Å². The molecule has 0 bridgehead atoms. The lowest BCUT2D eigenvalue weighted by Crippen LogP contribution is -2.48. The van der Waals surface area contributed by atoms with Crippen molar-refractivity contribution in [2.24, 2.45) is 0 Å². The minimum absolute atomic E-state index is 0.0000694. The Morgan fingerprint density at radius 3 is 2.41 bits per heavy atom. The lowest BCUT2D eigenvalue weighted by atomic mass is 10.0. The van der Waals surface area contributed by atoms with E-state index in [9.17, 15) is 9.59 Å². The van der Waals surface area contributed by atoms with E-state index in [2.05, 4.69) is 11.2 Å². The summed E-state index contributed by atoms with van der Waals surface area (Å²) in [6.45, 7) is 5.70. The Balaban J connectivity index is 4.31. The maximum absolute atomic E-state index is 11.7. The molecule has 0 aromatic carbocycles. The largest absolute Gasteiger partial charge is 0.480 e. The summed E-state index contributed by atoms with van der Waals surface area (Å²) in [5.41, 5.74) is -0.290. The zero-order valence-corrected chi connectivity index (χ0v) is 10.6. The van der Waals surface area contributed by atoms with Gasteiger partial charge in [-0.05, 0) is 20.3 Å². The fourth-order valence-corrected chi connectivity index (χ4v) is 1.20. The molecule has 0 spiro atoms. The van der Waals surface area contributed by atoms with Gasteiger partial charge < -0.3 is 10.4 Å². The summed E-state index contributed by atoms with van der Waals surface area (Å²) in [5, 5.41) is 11.5. The molecule has 1 amide bonds. The van der Waals surface area contributed by atoms with Crippen molar-refractivity contribution in [3.8, 4) is 12.3 Å². The second kappa shape index (κ2) is 6.92. The molecule has 0 aromatic rings. The molecule has 2 N–H and O–H groups in total. The Morgan fingerprint density at radius 1 is 1.41 bits per heavy atom. The molecule has 5 heteroatoms. The first-order valence-corrected chi connectivity index (χ1v) is 5.49. The van der Waals surface area contributed by atoms with Gasteiger partial charge in [0.05, 0.1) is 19.6 Å². The molecule has 0 heterocycles. The van der Waals surface area contributed by atoms with Gasteiger partial charge in [-0.3, -0.25) is 14.5 Å². The number of terminal acetylenes is 1. The third kappa shape index (κ3) is 7.36. The van der Waals surface area contributed by atoms with Crippen LogP contribution in [0.25, 0.3) is 0 Å². The summed E-state index contributed by atoms with van der Waals surface area (Å²) in [5.74, 6) is 1.13. The van der Waals surface area contributed by atoms with Crippen LogP contribution in [0.1, 0.15) is 27.2 Å². The van der Waals surface area contributed by atoms with Crippen molar-refractivity contribution in [1.82, 2.24) is 10.2 Å². The zero-order chi connectivity index (χ0) is 13.5. The number of nitrogens with zero attached hydrogens (tertiary/aromatic N) is 1. The van der Waals surface area contributed by atoms with Crippen molar-refractivity contribution in [2.45, 2.75) is 32.7 Å². The van der Waals surface area contributed by atoms with Crippen LogP contribution in [0.4, 0.5) is 0 Å². The van der Waals surface area contributed by atoms with Crippen molar-refractivity contribution in [3.05, 3.63) is 0 Å². The highest BCUT2D eigenvalue weighted by Gasteiger charge is 2.20. The van der Waals surface area contributed by atoms with E-state index in [-0.39, 0.29) is 31.1 Å². The van der Waals surface area contributed by atoms with Gasteiger partial charge in [0.2, 0.25) is 5.91 Å².